The van der Waals surface area contributed by atoms with E-state index in [-0.39, 0.29) is 5.56 Å². The van der Waals surface area contributed by atoms with Crippen LogP contribution in [0.2, 0.25) is 0 Å². The van der Waals surface area contributed by atoms with E-state index in [1.165, 1.54) is 15.9 Å². The first-order valence-corrected chi connectivity index (χ1v) is 8.89. The molecule has 114 valence electrons. The van der Waals surface area contributed by atoms with Crippen molar-refractivity contribution in [2.24, 2.45) is 0 Å². The quantitative estimate of drug-likeness (QED) is 0.768. The largest absolute Gasteiger partial charge is 0.379 e. The van der Waals surface area contributed by atoms with Crippen LogP contribution in [0.1, 0.15) is 12.6 Å². The van der Waals surface area contributed by atoms with Crippen LogP contribution in [0, 0.1) is 0 Å². The summed E-state index contributed by atoms with van der Waals surface area (Å²) in [6.45, 7) is 6.67. The van der Waals surface area contributed by atoms with Gasteiger partial charge in [-0.3, -0.25) is 9.69 Å². The van der Waals surface area contributed by atoms with Crippen LogP contribution in [-0.4, -0.2) is 58.1 Å². The number of hydrogen-bond donors (Lipinski definition) is 0. The summed E-state index contributed by atoms with van der Waals surface area (Å²) in [6, 6.07) is 1.56. The topological polar surface area (TPSA) is 59.7 Å². The van der Waals surface area contributed by atoms with Crippen molar-refractivity contribution < 1.29 is 4.74 Å². The number of rotatable bonds is 5. The second kappa shape index (κ2) is 6.87. The fourth-order valence-corrected chi connectivity index (χ4v) is 4.20. The zero-order valence-corrected chi connectivity index (χ0v) is 13.6. The van der Waals surface area contributed by atoms with E-state index in [2.05, 4.69) is 15.0 Å². The smallest absolute Gasteiger partial charge is 0.275 e. The van der Waals surface area contributed by atoms with Crippen LogP contribution in [0.25, 0.3) is 4.96 Å². The van der Waals surface area contributed by atoms with Gasteiger partial charge in [0.25, 0.3) is 5.56 Å². The number of aryl methyl sites for hydroxylation is 1. The Morgan fingerprint density at radius 2 is 2.24 bits per heavy atom. The molecule has 0 atom stereocenters. The number of ether oxygens (including phenoxy) is 1. The van der Waals surface area contributed by atoms with Gasteiger partial charge in [-0.2, -0.15) is 4.52 Å². The zero-order valence-electron chi connectivity index (χ0n) is 11.9. The molecular formula is C13H18N4O2S2. The molecule has 2 aromatic heterocycles. The Labute approximate surface area is 131 Å². The van der Waals surface area contributed by atoms with Gasteiger partial charge in [-0.15, -0.1) is 5.10 Å². The number of nitrogens with zero attached hydrogens (tertiary/aromatic N) is 4. The molecule has 6 nitrogen and oxygen atoms in total. The molecule has 1 aliphatic heterocycles. The molecule has 1 fully saturated rings. The minimum atomic E-state index is -0.0897. The third-order valence-electron chi connectivity index (χ3n) is 3.38. The van der Waals surface area contributed by atoms with Crippen LogP contribution in [0.5, 0.6) is 0 Å². The van der Waals surface area contributed by atoms with Crippen LogP contribution in [0.4, 0.5) is 0 Å². The Balaban J connectivity index is 1.64. The van der Waals surface area contributed by atoms with Crippen LogP contribution in [0.3, 0.4) is 0 Å². The predicted molar refractivity (Wildman–Crippen MR) is 84.5 cm³/mol. The average Bonchev–Trinajstić information content (AvgIpc) is 2.91. The van der Waals surface area contributed by atoms with Gasteiger partial charge in [-0.25, -0.2) is 4.98 Å². The minimum absolute atomic E-state index is 0.0897. The van der Waals surface area contributed by atoms with Gasteiger partial charge in [0.1, 0.15) is 0 Å². The average molecular weight is 326 g/mol. The number of aromatic nitrogens is 3. The molecule has 3 rings (SSSR count). The Morgan fingerprint density at radius 1 is 1.43 bits per heavy atom. The first-order chi connectivity index (χ1) is 10.3. The van der Waals surface area contributed by atoms with Crippen molar-refractivity contribution in [3.05, 3.63) is 22.1 Å². The first kappa shape index (κ1) is 15.0. The molecule has 0 spiro atoms. The highest BCUT2D eigenvalue weighted by molar-refractivity contribution is 8.01. The standard InChI is InChI=1S/C13H18N4O2S2/c1-2-10-9-11(18)17-12(14-10)21-13(15-17)20-8-5-16-3-6-19-7-4-16/h9H,2-8H2,1H3. The van der Waals surface area contributed by atoms with Crippen molar-refractivity contribution in [1.29, 1.82) is 0 Å². The molecule has 0 unspecified atom stereocenters. The molecule has 0 bridgehead atoms. The van der Waals surface area contributed by atoms with Gasteiger partial charge in [0.2, 0.25) is 4.96 Å². The van der Waals surface area contributed by atoms with Crippen molar-refractivity contribution in [2.75, 3.05) is 38.6 Å². The maximum Gasteiger partial charge on any atom is 0.275 e. The van der Waals surface area contributed by atoms with E-state index in [1.54, 1.807) is 17.8 Å². The first-order valence-electron chi connectivity index (χ1n) is 7.09. The van der Waals surface area contributed by atoms with E-state index in [0.717, 1.165) is 55.1 Å². The molecule has 3 heterocycles. The molecule has 1 saturated heterocycles. The summed E-state index contributed by atoms with van der Waals surface area (Å²) in [6.07, 6.45) is 0.767. The van der Waals surface area contributed by atoms with Gasteiger partial charge in [0.05, 0.1) is 13.2 Å². The van der Waals surface area contributed by atoms with Crippen LogP contribution in [-0.2, 0) is 11.2 Å². The van der Waals surface area contributed by atoms with Gasteiger partial charge in [0.15, 0.2) is 4.34 Å². The predicted octanol–water partition coefficient (Wildman–Crippen LogP) is 1.14. The Kier molecular flexibility index (Phi) is 4.89. The number of hydrogen-bond acceptors (Lipinski definition) is 7. The molecule has 2 aromatic rings. The summed E-state index contributed by atoms with van der Waals surface area (Å²) in [4.78, 5) is 19.5. The summed E-state index contributed by atoms with van der Waals surface area (Å²) >= 11 is 3.18. The van der Waals surface area contributed by atoms with E-state index < -0.39 is 0 Å². The zero-order chi connectivity index (χ0) is 14.7. The van der Waals surface area contributed by atoms with Crippen LogP contribution >= 0.6 is 23.1 Å². The minimum Gasteiger partial charge on any atom is -0.379 e. The van der Waals surface area contributed by atoms with E-state index in [0.29, 0.717) is 4.96 Å². The van der Waals surface area contributed by atoms with Crippen LogP contribution < -0.4 is 5.56 Å². The van der Waals surface area contributed by atoms with Gasteiger partial charge in [-0.1, -0.05) is 30.0 Å². The van der Waals surface area contributed by atoms with E-state index >= 15 is 0 Å². The number of morpholine rings is 1. The summed E-state index contributed by atoms with van der Waals surface area (Å²) in [5.74, 6) is 0.967. The highest BCUT2D eigenvalue weighted by Crippen LogP contribution is 2.23. The molecule has 0 radical (unpaired) electrons. The van der Waals surface area contributed by atoms with Gasteiger partial charge >= 0.3 is 0 Å². The van der Waals surface area contributed by atoms with Crippen molar-refractivity contribution in [3.8, 4) is 0 Å². The molecule has 0 aromatic carbocycles. The lowest BCUT2D eigenvalue weighted by Crippen LogP contribution is -2.37. The summed E-state index contributed by atoms with van der Waals surface area (Å²) < 4.78 is 7.64. The maximum absolute atomic E-state index is 11.9. The summed E-state index contributed by atoms with van der Waals surface area (Å²) in [7, 11) is 0. The van der Waals surface area contributed by atoms with Crippen molar-refractivity contribution in [3.63, 3.8) is 0 Å². The highest BCUT2D eigenvalue weighted by Gasteiger charge is 2.12. The third-order valence-corrected chi connectivity index (χ3v) is 5.40. The summed E-state index contributed by atoms with van der Waals surface area (Å²) in [5, 5.41) is 4.35. The SMILES string of the molecule is CCc1cc(=O)n2nc(SCCN3CCOCC3)sc2n1. The van der Waals surface area contributed by atoms with E-state index in [9.17, 15) is 4.79 Å². The fourth-order valence-electron chi connectivity index (χ4n) is 2.16. The molecule has 0 N–H and O–H groups in total. The van der Waals surface area contributed by atoms with Gasteiger partial charge < -0.3 is 4.74 Å². The van der Waals surface area contributed by atoms with Gasteiger partial charge in [0, 0.05) is 37.1 Å². The highest BCUT2D eigenvalue weighted by atomic mass is 32.2. The molecule has 21 heavy (non-hydrogen) atoms. The third kappa shape index (κ3) is 3.63. The Hall–Kier alpha value is -0.960. The molecule has 0 amide bonds. The number of thioether (sulfide) groups is 1. The molecule has 1 aliphatic rings. The van der Waals surface area contributed by atoms with Gasteiger partial charge in [-0.05, 0) is 6.42 Å². The lowest BCUT2D eigenvalue weighted by atomic mass is 10.3. The van der Waals surface area contributed by atoms with Crippen molar-refractivity contribution in [1.82, 2.24) is 19.5 Å². The maximum atomic E-state index is 11.9. The van der Waals surface area contributed by atoms with Crippen molar-refractivity contribution in [2.45, 2.75) is 17.7 Å². The lowest BCUT2D eigenvalue weighted by molar-refractivity contribution is 0.0410. The monoisotopic (exact) mass is 326 g/mol. The van der Waals surface area contributed by atoms with E-state index in [1.807, 2.05) is 6.92 Å². The number of fused-ring (bicyclic) bond motifs is 1. The lowest BCUT2D eigenvalue weighted by Gasteiger charge is -2.25. The molecule has 8 heteroatoms. The second-order valence-electron chi connectivity index (χ2n) is 4.80. The van der Waals surface area contributed by atoms with Crippen molar-refractivity contribution >= 4 is 28.1 Å². The Bertz CT molecular complexity index is 664. The van der Waals surface area contributed by atoms with Crippen LogP contribution in [0.15, 0.2) is 15.2 Å². The molecular weight excluding hydrogens is 308 g/mol. The molecule has 0 aliphatic carbocycles. The Morgan fingerprint density at radius 3 is 3.00 bits per heavy atom. The summed E-state index contributed by atoms with van der Waals surface area (Å²) in [5.41, 5.74) is 0.738. The molecule has 0 saturated carbocycles. The fraction of sp³-hybridized carbons (Fsp3) is 0.615. The second-order valence-corrected chi connectivity index (χ2v) is 7.10. The normalized spacial score (nSPS) is 16.6. The van der Waals surface area contributed by atoms with E-state index in [4.69, 9.17) is 4.74 Å².